The van der Waals surface area contributed by atoms with Crippen molar-refractivity contribution in [3.63, 3.8) is 0 Å². The minimum Gasteiger partial charge on any atom is -0.486 e. The fourth-order valence-corrected chi connectivity index (χ4v) is 4.06. The predicted molar refractivity (Wildman–Crippen MR) is 97.4 cm³/mol. The first kappa shape index (κ1) is 19.1. The highest BCUT2D eigenvalue weighted by Crippen LogP contribution is 2.40. The van der Waals surface area contributed by atoms with E-state index in [1.54, 1.807) is 0 Å². The lowest BCUT2D eigenvalue weighted by Gasteiger charge is -2.29. The number of rotatable bonds is 4. The standard InChI is InChI=1S/C21H22F3NO3/c22-21(23,24)16-5-2-1-4-15(16)18(26)13-25-9-3-6-17(25)14-7-8-19-20(12-14)28-11-10-27-19/h1-2,4-5,7-8,12,17-18,26H,3,6,9-11,13H2. The molecule has 0 bridgehead atoms. The first-order valence-corrected chi connectivity index (χ1v) is 9.41. The molecule has 1 fully saturated rings. The predicted octanol–water partition coefficient (Wildman–Crippen LogP) is 4.35. The maximum Gasteiger partial charge on any atom is 0.416 e. The zero-order valence-electron chi connectivity index (χ0n) is 15.3. The number of β-amino-alcohol motifs (C(OH)–C–C–N with tert-alkyl or cyclic N) is 1. The van der Waals surface area contributed by atoms with Gasteiger partial charge in [0, 0.05) is 12.6 Å². The van der Waals surface area contributed by atoms with Gasteiger partial charge in [-0.2, -0.15) is 13.2 Å². The van der Waals surface area contributed by atoms with E-state index in [0.29, 0.717) is 24.7 Å². The molecule has 28 heavy (non-hydrogen) atoms. The lowest BCUT2D eigenvalue weighted by Crippen LogP contribution is -2.29. The van der Waals surface area contributed by atoms with Gasteiger partial charge in [0.15, 0.2) is 11.5 Å². The van der Waals surface area contributed by atoms with E-state index in [1.807, 2.05) is 23.1 Å². The fourth-order valence-electron chi connectivity index (χ4n) is 4.06. The second kappa shape index (κ2) is 7.64. The number of benzene rings is 2. The van der Waals surface area contributed by atoms with E-state index in [2.05, 4.69) is 0 Å². The van der Waals surface area contributed by atoms with Gasteiger partial charge in [-0.05, 0) is 48.7 Å². The maximum atomic E-state index is 13.3. The van der Waals surface area contributed by atoms with Gasteiger partial charge in [-0.15, -0.1) is 0 Å². The Morgan fingerprint density at radius 3 is 2.61 bits per heavy atom. The van der Waals surface area contributed by atoms with Crippen LogP contribution in [0.5, 0.6) is 11.5 Å². The fraction of sp³-hybridized carbons (Fsp3) is 0.429. The van der Waals surface area contributed by atoms with Gasteiger partial charge in [-0.25, -0.2) is 0 Å². The Hall–Kier alpha value is -2.25. The maximum absolute atomic E-state index is 13.3. The van der Waals surface area contributed by atoms with Gasteiger partial charge in [0.2, 0.25) is 0 Å². The Morgan fingerprint density at radius 2 is 1.82 bits per heavy atom. The first-order valence-electron chi connectivity index (χ1n) is 9.41. The largest absolute Gasteiger partial charge is 0.486 e. The number of hydrogen-bond acceptors (Lipinski definition) is 4. The SMILES string of the molecule is OC(CN1CCCC1c1ccc2c(c1)OCCO2)c1ccccc1C(F)(F)F. The minimum atomic E-state index is -4.49. The third-order valence-electron chi connectivity index (χ3n) is 5.35. The van der Waals surface area contributed by atoms with Crippen LogP contribution >= 0.6 is 0 Å². The molecule has 7 heteroatoms. The van der Waals surface area contributed by atoms with E-state index in [0.717, 1.165) is 31.0 Å². The number of alkyl halides is 3. The quantitative estimate of drug-likeness (QED) is 0.839. The van der Waals surface area contributed by atoms with Gasteiger partial charge in [0.25, 0.3) is 0 Å². The van der Waals surface area contributed by atoms with Crippen LogP contribution in [0.4, 0.5) is 13.2 Å². The van der Waals surface area contributed by atoms with Crippen molar-refractivity contribution in [2.45, 2.75) is 31.2 Å². The average Bonchev–Trinajstić information content (AvgIpc) is 3.15. The molecule has 1 N–H and O–H groups in total. The van der Waals surface area contributed by atoms with Crippen molar-refractivity contribution in [2.75, 3.05) is 26.3 Å². The van der Waals surface area contributed by atoms with Crippen molar-refractivity contribution in [3.8, 4) is 11.5 Å². The Bertz CT molecular complexity index is 840. The summed E-state index contributed by atoms with van der Waals surface area (Å²) in [6.45, 7) is 1.89. The van der Waals surface area contributed by atoms with E-state index in [1.165, 1.54) is 18.2 Å². The molecule has 4 rings (SSSR count). The molecular formula is C21H22F3NO3. The van der Waals surface area contributed by atoms with Gasteiger partial charge >= 0.3 is 6.18 Å². The summed E-state index contributed by atoms with van der Waals surface area (Å²) in [6.07, 6.45) is -3.90. The van der Waals surface area contributed by atoms with Gasteiger partial charge < -0.3 is 14.6 Å². The number of likely N-dealkylation sites (tertiary alicyclic amines) is 1. The van der Waals surface area contributed by atoms with E-state index in [-0.39, 0.29) is 18.2 Å². The molecule has 2 aliphatic heterocycles. The summed E-state index contributed by atoms with van der Waals surface area (Å²) in [4.78, 5) is 2.04. The molecular weight excluding hydrogens is 371 g/mol. The Morgan fingerprint density at radius 1 is 1.07 bits per heavy atom. The minimum absolute atomic E-state index is 0.0310. The van der Waals surface area contributed by atoms with Crippen LogP contribution in [0.15, 0.2) is 42.5 Å². The molecule has 2 atom stereocenters. The smallest absolute Gasteiger partial charge is 0.416 e. The van der Waals surface area contributed by atoms with Crippen LogP contribution in [0.25, 0.3) is 0 Å². The van der Waals surface area contributed by atoms with Crippen molar-refractivity contribution in [3.05, 3.63) is 59.2 Å². The Kier molecular flexibility index (Phi) is 5.21. The molecule has 2 heterocycles. The number of hydrogen-bond donors (Lipinski definition) is 1. The van der Waals surface area contributed by atoms with E-state index in [9.17, 15) is 18.3 Å². The van der Waals surface area contributed by atoms with Crippen molar-refractivity contribution in [1.29, 1.82) is 0 Å². The van der Waals surface area contributed by atoms with Gasteiger partial charge in [0.1, 0.15) is 13.2 Å². The summed E-state index contributed by atoms with van der Waals surface area (Å²) in [7, 11) is 0. The third-order valence-corrected chi connectivity index (χ3v) is 5.35. The molecule has 0 amide bonds. The zero-order chi connectivity index (χ0) is 19.7. The number of halogens is 3. The molecule has 2 aromatic carbocycles. The molecule has 2 aliphatic rings. The molecule has 0 aliphatic carbocycles. The number of aliphatic hydroxyl groups excluding tert-OH is 1. The molecule has 0 saturated carbocycles. The third kappa shape index (κ3) is 3.82. The summed E-state index contributed by atoms with van der Waals surface area (Å²) >= 11 is 0. The van der Waals surface area contributed by atoms with Gasteiger partial charge in [-0.1, -0.05) is 24.3 Å². The number of aliphatic hydroxyl groups is 1. The number of fused-ring (bicyclic) bond motifs is 1. The lowest BCUT2D eigenvalue weighted by molar-refractivity contribution is -0.139. The summed E-state index contributed by atoms with van der Waals surface area (Å²) in [6, 6.07) is 11.0. The van der Waals surface area contributed by atoms with Crippen molar-refractivity contribution >= 4 is 0 Å². The van der Waals surface area contributed by atoms with Crippen LogP contribution in [0.2, 0.25) is 0 Å². The average molecular weight is 393 g/mol. The summed E-state index contributed by atoms with van der Waals surface area (Å²) < 4.78 is 51.0. The Labute approximate surface area is 161 Å². The normalized spacial score (nSPS) is 20.9. The topological polar surface area (TPSA) is 41.9 Å². The number of ether oxygens (including phenoxy) is 2. The molecule has 2 aromatic rings. The van der Waals surface area contributed by atoms with E-state index >= 15 is 0 Å². The van der Waals surface area contributed by atoms with E-state index in [4.69, 9.17) is 9.47 Å². The molecule has 4 nitrogen and oxygen atoms in total. The molecule has 1 saturated heterocycles. The van der Waals surface area contributed by atoms with Gasteiger partial charge in [-0.3, -0.25) is 4.90 Å². The second-order valence-corrected chi connectivity index (χ2v) is 7.16. The van der Waals surface area contributed by atoms with Crippen LogP contribution in [-0.4, -0.2) is 36.3 Å². The molecule has 150 valence electrons. The highest BCUT2D eigenvalue weighted by atomic mass is 19.4. The zero-order valence-corrected chi connectivity index (χ0v) is 15.3. The summed E-state index contributed by atoms with van der Waals surface area (Å²) in [5.41, 5.74) is 0.165. The first-order chi connectivity index (χ1) is 13.4. The number of nitrogens with zero attached hydrogens (tertiary/aromatic N) is 1. The monoisotopic (exact) mass is 393 g/mol. The second-order valence-electron chi connectivity index (χ2n) is 7.16. The van der Waals surface area contributed by atoms with Crippen LogP contribution in [0.3, 0.4) is 0 Å². The lowest BCUT2D eigenvalue weighted by atomic mass is 10.00. The highest BCUT2D eigenvalue weighted by Gasteiger charge is 2.36. The van der Waals surface area contributed by atoms with Crippen LogP contribution in [-0.2, 0) is 6.18 Å². The van der Waals surface area contributed by atoms with Crippen LogP contribution in [0.1, 0.15) is 41.7 Å². The van der Waals surface area contributed by atoms with Crippen LogP contribution in [0, 0.1) is 0 Å². The van der Waals surface area contributed by atoms with Crippen molar-refractivity contribution in [1.82, 2.24) is 4.90 Å². The van der Waals surface area contributed by atoms with E-state index < -0.39 is 17.8 Å². The Balaban J connectivity index is 1.54. The molecule has 2 unspecified atom stereocenters. The molecule has 0 radical (unpaired) electrons. The molecule has 0 spiro atoms. The highest BCUT2D eigenvalue weighted by molar-refractivity contribution is 5.45. The van der Waals surface area contributed by atoms with Crippen molar-refractivity contribution in [2.24, 2.45) is 0 Å². The van der Waals surface area contributed by atoms with Gasteiger partial charge in [0.05, 0.1) is 11.7 Å². The summed E-state index contributed by atoms with van der Waals surface area (Å²) in [5.74, 6) is 1.40. The molecule has 0 aromatic heterocycles. The van der Waals surface area contributed by atoms with Crippen molar-refractivity contribution < 1.29 is 27.8 Å². The summed E-state index contributed by atoms with van der Waals surface area (Å²) in [5, 5.41) is 10.6. The van der Waals surface area contributed by atoms with Crippen LogP contribution < -0.4 is 9.47 Å².